The Morgan fingerprint density at radius 3 is 2.15 bits per heavy atom. The molecule has 2 rings (SSSR count). The van der Waals surface area contributed by atoms with Crippen molar-refractivity contribution in [2.24, 2.45) is 0 Å². The predicted octanol–water partition coefficient (Wildman–Crippen LogP) is 3.83. The van der Waals surface area contributed by atoms with Crippen molar-refractivity contribution in [3.05, 3.63) is 35.9 Å². The van der Waals surface area contributed by atoms with E-state index in [1.807, 2.05) is 6.07 Å². The summed E-state index contributed by atoms with van der Waals surface area (Å²) in [6.07, 6.45) is 4.41. The van der Waals surface area contributed by atoms with Crippen LogP contribution in [-0.2, 0) is 10.2 Å². The molecule has 112 valence electrons. The maximum Gasteiger partial charge on any atom is 0.157 e. The molecule has 1 aliphatic carbocycles. The standard InChI is InChI=1S/C17H25NO.ClH/c1-3-18(4-2)14-16(19)17(12-8-9-13-17)15-10-6-5-7-11-15;/h5-7,10-11H,3-4,8-9,12-14H2,1-2H3;1H. The largest absolute Gasteiger partial charge is 0.297 e. The number of likely N-dealkylation sites (N-methyl/N-ethyl adjacent to an activating group) is 1. The van der Waals surface area contributed by atoms with E-state index in [1.54, 1.807) is 0 Å². The molecule has 0 N–H and O–H groups in total. The summed E-state index contributed by atoms with van der Waals surface area (Å²) in [6.45, 7) is 6.75. The molecule has 1 saturated carbocycles. The van der Waals surface area contributed by atoms with Crippen LogP contribution in [0.2, 0.25) is 0 Å². The number of halogens is 1. The predicted molar refractivity (Wildman–Crippen MR) is 86.6 cm³/mol. The Morgan fingerprint density at radius 1 is 1.10 bits per heavy atom. The Hall–Kier alpha value is -0.860. The second kappa shape index (κ2) is 7.80. The summed E-state index contributed by atoms with van der Waals surface area (Å²) in [5, 5.41) is 0. The van der Waals surface area contributed by atoms with E-state index in [2.05, 4.69) is 43.0 Å². The smallest absolute Gasteiger partial charge is 0.157 e. The molecule has 1 fully saturated rings. The van der Waals surface area contributed by atoms with Crippen molar-refractivity contribution in [1.82, 2.24) is 4.90 Å². The summed E-state index contributed by atoms with van der Waals surface area (Å²) in [4.78, 5) is 15.1. The lowest BCUT2D eigenvalue weighted by Gasteiger charge is -2.30. The first-order chi connectivity index (χ1) is 9.23. The van der Waals surface area contributed by atoms with Crippen molar-refractivity contribution in [3.63, 3.8) is 0 Å². The highest BCUT2D eigenvalue weighted by atomic mass is 35.5. The first kappa shape index (κ1) is 17.2. The van der Waals surface area contributed by atoms with Crippen molar-refractivity contribution < 1.29 is 4.79 Å². The number of ketones is 1. The Balaban J connectivity index is 0.00000200. The van der Waals surface area contributed by atoms with Gasteiger partial charge >= 0.3 is 0 Å². The summed E-state index contributed by atoms with van der Waals surface area (Å²) in [7, 11) is 0. The lowest BCUT2D eigenvalue weighted by Crippen LogP contribution is -2.41. The van der Waals surface area contributed by atoms with Crippen LogP contribution >= 0.6 is 12.4 Å². The van der Waals surface area contributed by atoms with E-state index in [0.717, 1.165) is 25.9 Å². The van der Waals surface area contributed by atoms with Crippen molar-refractivity contribution in [2.45, 2.75) is 44.9 Å². The van der Waals surface area contributed by atoms with Crippen molar-refractivity contribution in [2.75, 3.05) is 19.6 Å². The zero-order chi connectivity index (χ0) is 13.7. The number of hydrogen-bond donors (Lipinski definition) is 0. The minimum atomic E-state index is -0.205. The van der Waals surface area contributed by atoms with Gasteiger partial charge in [0.15, 0.2) is 5.78 Å². The molecule has 0 unspecified atom stereocenters. The second-order valence-corrected chi connectivity index (χ2v) is 5.54. The van der Waals surface area contributed by atoms with Crippen LogP contribution in [0, 0.1) is 0 Å². The highest BCUT2D eigenvalue weighted by Gasteiger charge is 2.42. The topological polar surface area (TPSA) is 20.3 Å². The molecule has 0 saturated heterocycles. The molecule has 0 heterocycles. The molecule has 3 heteroatoms. The number of carbonyl (C=O) groups excluding carboxylic acids is 1. The summed E-state index contributed by atoms with van der Waals surface area (Å²) < 4.78 is 0. The SMILES string of the molecule is CCN(CC)CC(=O)C1(c2ccccc2)CCCC1.Cl. The lowest BCUT2D eigenvalue weighted by atomic mass is 9.75. The van der Waals surface area contributed by atoms with Crippen LogP contribution in [0.4, 0.5) is 0 Å². The van der Waals surface area contributed by atoms with Gasteiger partial charge < -0.3 is 0 Å². The zero-order valence-electron chi connectivity index (χ0n) is 12.6. The number of Topliss-reactive ketones (excluding diaryl/α,β-unsaturated/α-hetero) is 1. The fourth-order valence-corrected chi connectivity index (χ4v) is 3.27. The van der Waals surface area contributed by atoms with Crippen molar-refractivity contribution >= 4 is 18.2 Å². The fourth-order valence-electron chi connectivity index (χ4n) is 3.27. The van der Waals surface area contributed by atoms with Crippen molar-refractivity contribution in [3.8, 4) is 0 Å². The highest BCUT2D eigenvalue weighted by molar-refractivity contribution is 5.92. The van der Waals surface area contributed by atoms with Gasteiger partial charge in [0.05, 0.1) is 12.0 Å². The van der Waals surface area contributed by atoms with E-state index >= 15 is 0 Å². The first-order valence-corrected chi connectivity index (χ1v) is 7.54. The fraction of sp³-hybridized carbons (Fsp3) is 0.588. The molecule has 1 aromatic rings. The molecule has 0 radical (unpaired) electrons. The molecular formula is C17H26ClNO. The molecule has 1 aromatic carbocycles. The van der Waals surface area contributed by atoms with E-state index in [9.17, 15) is 4.79 Å². The molecular weight excluding hydrogens is 270 g/mol. The van der Waals surface area contributed by atoms with Crippen molar-refractivity contribution in [1.29, 1.82) is 0 Å². The summed E-state index contributed by atoms with van der Waals surface area (Å²) in [5.74, 6) is 0.417. The third-order valence-electron chi connectivity index (χ3n) is 4.58. The summed E-state index contributed by atoms with van der Waals surface area (Å²) >= 11 is 0. The van der Waals surface area contributed by atoms with Crippen LogP contribution in [0.15, 0.2) is 30.3 Å². The third-order valence-corrected chi connectivity index (χ3v) is 4.58. The van der Waals surface area contributed by atoms with Gasteiger partial charge in [-0.1, -0.05) is 57.0 Å². The van der Waals surface area contributed by atoms with Crippen LogP contribution in [-0.4, -0.2) is 30.3 Å². The average molecular weight is 296 g/mol. The average Bonchev–Trinajstić information content (AvgIpc) is 2.96. The Kier molecular flexibility index (Phi) is 6.70. The Labute approximate surface area is 129 Å². The molecule has 2 nitrogen and oxygen atoms in total. The molecule has 0 spiro atoms. The maximum absolute atomic E-state index is 12.9. The van der Waals surface area contributed by atoms with Gasteiger partial charge in [-0.05, 0) is 31.5 Å². The van der Waals surface area contributed by atoms with Gasteiger partial charge in [-0.15, -0.1) is 12.4 Å². The van der Waals surface area contributed by atoms with Gasteiger partial charge in [0.25, 0.3) is 0 Å². The zero-order valence-corrected chi connectivity index (χ0v) is 13.4. The van der Waals surface area contributed by atoms with Crippen LogP contribution in [0.25, 0.3) is 0 Å². The molecule has 1 aliphatic rings. The molecule has 0 atom stereocenters. The maximum atomic E-state index is 12.9. The Morgan fingerprint density at radius 2 is 1.65 bits per heavy atom. The lowest BCUT2D eigenvalue weighted by molar-refractivity contribution is -0.125. The summed E-state index contributed by atoms with van der Waals surface area (Å²) in [6, 6.07) is 10.4. The van der Waals surface area contributed by atoms with E-state index in [4.69, 9.17) is 0 Å². The minimum absolute atomic E-state index is 0. The van der Waals surface area contributed by atoms with Gasteiger partial charge in [0.1, 0.15) is 0 Å². The van der Waals surface area contributed by atoms with E-state index in [1.165, 1.54) is 18.4 Å². The number of nitrogens with zero attached hydrogens (tertiary/aromatic N) is 1. The summed E-state index contributed by atoms with van der Waals surface area (Å²) in [5.41, 5.74) is 1.02. The Bertz CT molecular complexity index is 408. The molecule has 0 aromatic heterocycles. The molecule has 0 amide bonds. The van der Waals surface area contributed by atoms with E-state index < -0.39 is 0 Å². The normalized spacial score (nSPS) is 16.9. The number of benzene rings is 1. The first-order valence-electron chi connectivity index (χ1n) is 7.54. The van der Waals surface area contributed by atoms with E-state index in [-0.39, 0.29) is 17.8 Å². The van der Waals surface area contributed by atoms with Gasteiger partial charge in [0.2, 0.25) is 0 Å². The van der Waals surface area contributed by atoms with Crippen LogP contribution < -0.4 is 0 Å². The quantitative estimate of drug-likeness (QED) is 0.795. The molecule has 20 heavy (non-hydrogen) atoms. The van der Waals surface area contributed by atoms with Crippen LogP contribution in [0.3, 0.4) is 0 Å². The second-order valence-electron chi connectivity index (χ2n) is 5.54. The number of hydrogen-bond acceptors (Lipinski definition) is 2. The number of rotatable bonds is 6. The van der Waals surface area contributed by atoms with E-state index in [0.29, 0.717) is 12.3 Å². The van der Waals surface area contributed by atoms with Gasteiger partial charge in [-0.25, -0.2) is 0 Å². The van der Waals surface area contributed by atoms with Crippen LogP contribution in [0.5, 0.6) is 0 Å². The number of carbonyl (C=O) groups is 1. The van der Waals surface area contributed by atoms with Crippen LogP contribution in [0.1, 0.15) is 45.1 Å². The monoisotopic (exact) mass is 295 g/mol. The molecule has 0 aliphatic heterocycles. The third kappa shape index (κ3) is 3.42. The minimum Gasteiger partial charge on any atom is -0.297 e. The highest BCUT2D eigenvalue weighted by Crippen LogP contribution is 2.41. The molecule has 0 bridgehead atoms. The van der Waals surface area contributed by atoms with Gasteiger partial charge in [-0.3, -0.25) is 9.69 Å². The van der Waals surface area contributed by atoms with Gasteiger partial charge in [0, 0.05) is 0 Å². The van der Waals surface area contributed by atoms with Gasteiger partial charge in [-0.2, -0.15) is 0 Å².